The third-order valence-electron chi connectivity index (χ3n) is 4.66. The van der Waals surface area contributed by atoms with Crippen LogP contribution in [0.3, 0.4) is 0 Å². The number of ether oxygens (including phenoxy) is 1. The topological polar surface area (TPSA) is 83.1 Å². The molecule has 2 heterocycles. The molecule has 0 saturated carbocycles. The quantitative estimate of drug-likeness (QED) is 0.567. The van der Waals surface area contributed by atoms with Crippen molar-refractivity contribution in [3.05, 3.63) is 55.7 Å². The Hall–Kier alpha value is -2.58. The van der Waals surface area contributed by atoms with Crippen molar-refractivity contribution in [3.63, 3.8) is 0 Å². The Morgan fingerprint density at radius 2 is 1.83 bits per heavy atom. The van der Waals surface area contributed by atoms with E-state index in [-0.39, 0.29) is 11.7 Å². The number of aromatic nitrogens is 4. The van der Waals surface area contributed by atoms with Crippen molar-refractivity contribution in [2.24, 2.45) is 14.1 Å². The highest BCUT2D eigenvalue weighted by Gasteiger charge is 2.19. The predicted octanol–water partition coefficient (Wildman–Crippen LogP) is 2.36. The van der Waals surface area contributed by atoms with Gasteiger partial charge in [0.05, 0.1) is 12.6 Å². The molecule has 1 aromatic carbocycles. The molecule has 8 nitrogen and oxygen atoms in total. The van der Waals surface area contributed by atoms with E-state index in [1.807, 2.05) is 30.5 Å². The number of rotatable bonds is 8. The van der Waals surface area contributed by atoms with E-state index in [1.54, 1.807) is 19.2 Å². The van der Waals surface area contributed by atoms with Crippen LogP contribution < -0.4 is 16.6 Å². The van der Waals surface area contributed by atoms with E-state index in [0.717, 1.165) is 16.6 Å². The number of anilines is 1. The Bertz CT molecular complexity index is 1110. The molecule has 0 radical (unpaired) electrons. The van der Waals surface area contributed by atoms with Gasteiger partial charge in [-0.3, -0.25) is 18.5 Å². The highest BCUT2D eigenvalue weighted by Crippen LogP contribution is 2.19. The third kappa shape index (κ3) is 4.54. The first-order valence-corrected chi connectivity index (χ1v) is 9.93. The first-order chi connectivity index (χ1) is 13.8. The van der Waals surface area contributed by atoms with Crippen LogP contribution in [0.5, 0.6) is 0 Å². The second-order valence-corrected chi connectivity index (χ2v) is 7.66. The van der Waals surface area contributed by atoms with Crippen LogP contribution in [0, 0.1) is 0 Å². The molecule has 3 rings (SSSR count). The molecule has 29 heavy (non-hydrogen) atoms. The van der Waals surface area contributed by atoms with Gasteiger partial charge in [0.15, 0.2) is 11.2 Å². The van der Waals surface area contributed by atoms with Crippen molar-refractivity contribution in [2.75, 3.05) is 18.5 Å². The summed E-state index contributed by atoms with van der Waals surface area (Å²) in [4.78, 5) is 29.7. The van der Waals surface area contributed by atoms with Gasteiger partial charge in [-0.05, 0) is 38.0 Å². The number of nitrogens with one attached hydrogen (secondary N) is 1. The standard InChI is InChI=1S/C20H26ClN5O3/c1-13(2)29-11-5-10-22-19-23-17-16(18(27)25(4)20(28)24(17)3)26(19)12-14-6-8-15(21)9-7-14/h6-9,13H,5,10-12H2,1-4H3,(H,22,23). The fourth-order valence-corrected chi connectivity index (χ4v) is 3.23. The highest BCUT2D eigenvalue weighted by atomic mass is 35.5. The zero-order valence-corrected chi connectivity index (χ0v) is 17.9. The molecule has 9 heteroatoms. The van der Waals surface area contributed by atoms with Crippen molar-refractivity contribution in [2.45, 2.75) is 32.9 Å². The first-order valence-electron chi connectivity index (χ1n) is 9.55. The lowest BCUT2D eigenvalue weighted by molar-refractivity contribution is 0.0787. The predicted molar refractivity (Wildman–Crippen MR) is 115 cm³/mol. The van der Waals surface area contributed by atoms with Crippen LogP contribution in [0.2, 0.25) is 5.02 Å². The van der Waals surface area contributed by atoms with Crippen molar-refractivity contribution in [1.29, 1.82) is 0 Å². The fourth-order valence-electron chi connectivity index (χ4n) is 3.10. The number of hydrogen-bond acceptors (Lipinski definition) is 5. The average Bonchev–Trinajstić information content (AvgIpc) is 3.04. The zero-order chi connectivity index (χ0) is 21.1. The molecule has 0 atom stereocenters. The summed E-state index contributed by atoms with van der Waals surface area (Å²) in [6.45, 7) is 5.67. The summed E-state index contributed by atoms with van der Waals surface area (Å²) in [5, 5.41) is 3.93. The van der Waals surface area contributed by atoms with Gasteiger partial charge in [-0.1, -0.05) is 23.7 Å². The van der Waals surface area contributed by atoms with Crippen LogP contribution in [-0.4, -0.2) is 37.9 Å². The number of fused-ring (bicyclic) bond motifs is 1. The van der Waals surface area contributed by atoms with Gasteiger partial charge in [-0.2, -0.15) is 4.98 Å². The maximum atomic E-state index is 12.9. The van der Waals surface area contributed by atoms with Crippen LogP contribution >= 0.6 is 11.6 Å². The van der Waals surface area contributed by atoms with Gasteiger partial charge in [0.25, 0.3) is 5.56 Å². The highest BCUT2D eigenvalue weighted by molar-refractivity contribution is 6.30. The van der Waals surface area contributed by atoms with E-state index in [0.29, 0.717) is 41.8 Å². The van der Waals surface area contributed by atoms with Gasteiger partial charge in [0, 0.05) is 32.3 Å². The Labute approximate surface area is 173 Å². The zero-order valence-electron chi connectivity index (χ0n) is 17.1. The summed E-state index contributed by atoms with van der Waals surface area (Å²) in [7, 11) is 3.09. The lowest BCUT2D eigenvalue weighted by Crippen LogP contribution is -2.37. The van der Waals surface area contributed by atoms with Crippen molar-refractivity contribution >= 4 is 28.7 Å². The second-order valence-electron chi connectivity index (χ2n) is 7.23. The Kier molecular flexibility index (Phi) is 6.44. The van der Waals surface area contributed by atoms with E-state index < -0.39 is 5.69 Å². The monoisotopic (exact) mass is 419 g/mol. The molecule has 0 saturated heterocycles. The minimum absolute atomic E-state index is 0.182. The normalized spacial score (nSPS) is 11.5. The molecular weight excluding hydrogens is 394 g/mol. The summed E-state index contributed by atoms with van der Waals surface area (Å²) in [5.41, 5.74) is 0.922. The number of imidazole rings is 1. The van der Waals surface area contributed by atoms with Gasteiger partial charge < -0.3 is 10.1 Å². The Balaban J connectivity index is 2.00. The molecule has 2 aromatic heterocycles. The molecule has 0 aliphatic rings. The van der Waals surface area contributed by atoms with E-state index in [1.165, 1.54) is 11.6 Å². The molecule has 0 aliphatic heterocycles. The molecule has 0 unspecified atom stereocenters. The molecule has 156 valence electrons. The molecule has 0 fully saturated rings. The number of nitrogens with zero attached hydrogens (tertiary/aromatic N) is 4. The maximum absolute atomic E-state index is 12.9. The van der Waals surface area contributed by atoms with Crippen LogP contribution in [-0.2, 0) is 25.4 Å². The van der Waals surface area contributed by atoms with Crippen molar-refractivity contribution in [1.82, 2.24) is 18.7 Å². The summed E-state index contributed by atoms with van der Waals surface area (Å²) in [6, 6.07) is 7.42. The van der Waals surface area contributed by atoms with Crippen LogP contribution in [0.4, 0.5) is 5.95 Å². The number of halogens is 1. The van der Waals surface area contributed by atoms with Gasteiger partial charge >= 0.3 is 5.69 Å². The van der Waals surface area contributed by atoms with E-state index in [4.69, 9.17) is 16.3 Å². The van der Waals surface area contributed by atoms with Crippen LogP contribution in [0.25, 0.3) is 11.2 Å². The summed E-state index contributed by atoms with van der Waals surface area (Å²) >= 11 is 5.99. The smallest absolute Gasteiger partial charge is 0.332 e. The number of hydrogen-bond donors (Lipinski definition) is 1. The summed E-state index contributed by atoms with van der Waals surface area (Å²) in [6.07, 6.45) is 0.973. The van der Waals surface area contributed by atoms with E-state index in [2.05, 4.69) is 10.3 Å². The minimum Gasteiger partial charge on any atom is -0.379 e. The van der Waals surface area contributed by atoms with Crippen molar-refractivity contribution in [3.8, 4) is 0 Å². The van der Waals surface area contributed by atoms with Crippen LogP contribution in [0.15, 0.2) is 33.9 Å². The maximum Gasteiger partial charge on any atom is 0.332 e. The Morgan fingerprint density at radius 3 is 2.48 bits per heavy atom. The first kappa shape index (κ1) is 21.1. The van der Waals surface area contributed by atoms with E-state index >= 15 is 0 Å². The van der Waals surface area contributed by atoms with Gasteiger partial charge in [0.1, 0.15) is 0 Å². The van der Waals surface area contributed by atoms with Gasteiger partial charge in [-0.25, -0.2) is 4.79 Å². The fraction of sp³-hybridized carbons (Fsp3) is 0.450. The molecule has 1 N–H and O–H groups in total. The number of benzene rings is 1. The summed E-state index contributed by atoms with van der Waals surface area (Å²) in [5.74, 6) is 0.540. The van der Waals surface area contributed by atoms with Crippen molar-refractivity contribution < 1.29 is 4.74 Å². The van der Waals surface area contributed by atoms with Crippen LogP contribution in [0.1, 0.15) is 25.8 Å². The largest absolute Gasteiger partial charge is 0.379 e. The second kappa shape index (κ2) is 8.84. The molecule has 3 aromatic rings. The Morgan fingerprint density at radius 1 is 1.14 bits per heavy atom. The lowest BCUT2D eigenvalue weighted by Gasteiger charge is -2.12. The molecule has 0 spiro atoms. The molecule has 0 amide bonds. The molecular formula is C20H26ClN5O3. The average molecular weight is 420 g/mol. The minimum atomic E-state index is -0.407. The number of aryl methyl sites for hydroxylation is 1. The lowest BCUT2D eigenvalue weighted by atomic mass is 10.2. The van der Waals surface area contributed by atoms with Gasteiger partial charge in [0.2, 0.25) is 5.95 Å². The SMILES string of the molecule is CC(C)OCCCNc1nc2c(c(=O)n(C)c(=O)n2C)n1Cc1ccc(Cl)cc1. The molecule has 0 aliphatic carbocycles. The molecule has 0 bridgehead atoms. The third-order valence-corrected chi connectivity index (χ3v) is 4.91. The van der Waals surface area contributed by atoms with Gasteiger partial charge in [-0.15, -0.1) is 0 Å². The summed E-state index contributed by atoms with van der Waals surface area (Å²) < 4.78 is 9.87. The van der Waals surface area contributed by atoms with E-state index in [9.17, 15) is 9.59 Å².